The molecule has 0 fully saturated rings. The average molecular weight is 275 g/mol. The lowest BCUT2D eigenvalue weighted by Crippen LogP contribution is -2.31. The molecule has 1 amide bonds. The number of hydrogen-bond acceptors (Lipinski definition) is 1. The van der Waals surface area contributed by atoms with E-state index in [1.54, 1.807) is 0 Å². The highest BCUT2D eigenvalue weighted by atomic mass is 16.1. The van der Waals surface area contributed by atoms with Gasteiger partial charge in [-0.1, -0.05) is 65.3 Å². The van der Waals surface area contributed by atoms with Crippen LogP contribution in [0.5, 0.6) is 0 Å². The van der Waals surface area contributed by atoms with Crippen molar-refractivity contribution >= 4 is 5.91 Å². The molecule has 1 rings (SSSR count). The Hall–Kier alpha value is -1.31. The monoisotopic (exact) mass is 275 g/mol. The predicted molar refractivity (Wildman–Crippen MR) is 85.8 cm³/mol. The fourth-order valence-electron chi connectivity index (χ4n) is 2.27. The predicted octanol–water partition coefficient (Wildman–Crippen LogP) is 4.60. The molecule has 1 aromatic carbocycles. The number of carbonyl (C=O) groups is 1. The number of carbonyl (C=O) groups excluding carboxylic acids is 1. The van der Waals surface area contributed by atoms with Crippen molar-refractivity contribution in [2.75, 3.05) is 0 Å². The Morgan fingerprint density at radius 1 is 1.15 bits per heavy atom. The molecule has 112 valence electrons. The Morgan fingerprint density at radius 2 is 1.70 bits per heavy atom. The Labute approximate surface area is 124 Å². The van der Waals surface area contributed by atoms with Crippen LogP contribution in [0.4, 0.5) is 0 Å². The van der Waals surface area contributed by atoms with Gasteiger partial charge in [0.2, 0.25) is 5.91 Å². The van der Waals surface area contributed by atoms with E-state index in [9.17, 15) is 4.79 Å². The lowest BCUT2D eigenvalue weighted by molar-refractivity contribution is -0.125. The molecule has 0 saturated carbocycles. The second-order valence-corrected chi connectivity index (χ2v) is 6.79. The first kappa shape index (κ1) is 16.7. The fourth-order valence-corrected chi connectivity index (χ4v) is 2.27. The number of nitrogens with one attached hydrogen (secondary N) is 1. The zero-order valence-electron chi connectivity index (χ0n) is 13.8. The second-order valence-electron chi connectivity index (χ2n) is 6.79. The molecule has 1 N–H and O–H groups in total. The van der Waals surface area contributed by atoms with Crippen LogP contribution in [0.15, 0.2) is 24.3 Å². The van der Waals surface area contributed by atoms with E-state index in [-0.39, 0.29) is 23.3 Å². The molecule has 0 aliphatic carbocycles. The normalized spacial score (nSPS) is 14.7. The van der Waals surface area contributed by atoms with Crippen molar-refractivity contribution in [2.24, 2.45) is 5.92 Å². The number of hydrogen-bond donors (Lipinski definition) is 1. The maximum atomic E-state index is 12.0. The summed E-state index contributed by atoms with van der Waals surface area (Å²) < 4.78 is 0. The molecule has 0 aliphatic heterocycles. The van der Waals surface area contributed by atoms with E-state index in [0.29, 0.717) is 0 Å². The molecule has 0 spiro atoms. The van der Waals surface area contributed by atoms with Crippen molar-refractivity contribution in [3.8, 4) is 0 Å². The van der Waals surface area contributed by atoms with Gasteiger partial charge in [0.05, 0.1) is 6.04 Å². The summed E-state index contributed by atoms with van der Waals surface area (Å²) in [5.41, 5.74) is 2.65. The van der Waals surface area contributed by atoms with E-state index < -0.39 is 0 Å². The van der Waals surface area contributed by atoms with E-state index in [2.05, 4.69) is 57.3 Å². The molecule has 0 aliphatic rings. The molecule has 0 bridgehead atoms. The van der Waals surface area contributed by atoms with Crippen LogP contribution >= 0.6 is 0 Å². The first-order valence-electron chi connectivity index (χ1n) is 7.66. The minimum absolute atomic E-state index is 0.0656. The molecule has 0 radical (unpaired) electrons. The van der Waals surface area contributed by atoms with Gasteiger partial charge in [0, 0.05) is 5.92 Å². The highest BCUT2D eigenvalue weighted by molar-refractivity contribution is 5.78. The lowest BCUT2D eigenvalue weighted by Gasteiger charge is -2.21. The van der Waals surface area contributed by atoms with Gasteiger partial charge in [-0.2, -0.15) is 0 Å². The first-order chi connectivity index (χ1) is 9.25. The van der Waals surface area contributed by atoms with E-state index in [4.69, 9.17) is 0 Å². The SMILES string of the molecule is CCCC(C)C(=O)NC(C)c1ccc(C(C)(C)C)cc1. The smallest absolute Gasteiger partial charge is 0.223 e. The van der Waals surface area contributed by atoms with Crippen LogP contribution in [-0.2, 0) is 10.2 Å². The third-order valence-corrected chi connectivity index (χ3v) is 3.80. The Bertz CT molecular complexity index is 428. The number of benzene rings is 1. The molecule has 0 aromatic heterocycles. The highest BCUT2D eigenvalue weighted by Gasteiger charge is 2.17. The molecule has 2 nitrogen and oxygen atoms in total. The van der Waals surface area contributed by atoms with Crippen molar-refractivity contribution in [3.63, 3.8) is 0 Å². The lowest BCUT2D eigenvalue weighted by atomic mass is 9.86. The Kier molecular flexibility index (Phi) is 5.79. The summed E-state index contributed by atoms with van der Waals surface area (Å²) in [6.45, 7) is 12.8. The summed E-state index contributed by atoms with van der Waals surface area (Å²) in [6.07, 6.45) is 1.99. The van der Waals surface area contributed by atoms with E-state index in [0.717, 1.165) is 18.4 Å². The van der Waals surface area contributed by atoms with E-state index in [1.807, 2.05) is 13.8 Å². The van der Waals surface area contributed by atoms with E-state index >= 15 is 0 Å². The standard InChI is InChI=1S/C18H29NO/c1-7-8-13(2)17(20)19-14(3)15-9-11-16(12-10-15)18(4,5)6/h9-14H,7-8H2,1-6H3,(H,19,20). The van der Waals surface area contributed by atoms with Gasteiger partial charge in [0.15, 0.2) is 0 Å². The molecule has 0 saturated heterocycles. The molecule has 2 heteroatoms. The molecule has 0 heterocycles. The van der Waals surface area contributed by atoms with Crippen LogP contribution in [0.1, 0.15) is 71.6 Å². The van der Waals surface area contributed by atoms with Crippen LogP contribution in [0.3, 0.4) is 0 Å². The largest absolute Gasteiger partial charge is 0.349 e. The third kappa shape index (κ3) is 4.66. The summed E-state index contributed by atoms with van der Waals surface area (Å²) in [6, 6.07) is 8.63. The summed E-state index contributed by atoms with van der Waals surface area (Å²) >= 11 is 0. The quantitative estimate of drug-likeness (QED) is 0.836. The summed E-state index contributed by atoms with van der Waals surface area (Å²) in [5.74, 6) is 0.246. The minimum atomic E-state index is 0.0656. The van der Waals surface area contributed by atoms with Crippen molar-refractivity contribution in [2.45, 2.75) is 65.8 Å². The maximum Gasteiger partial charge on any atom is 0.223 e. The first-order valence-corrected chi connectivity index (χ1v) is 7.66. The Morgan fingerprint density at radius 3 is 2.15 bits per heavy atom. The zero-order chi connectivity index (χ0) is 15.3. The zero-order valence-corrected chi connectivity index (χ0v) is 13.8. The summed E-state index contributed by atoms with van der Waals surface area (Å²) in [7, 11) is 0. The molecule has 2 atom stereocenters. The molecular formula is C18H29NO. The summed E-state index contributed by atoms with van der Waals surface area (Å²) in [5, 5.41) is 3.10. The maximum absolute atomic E-state index is 12.0. The fraction of sp³-hybridized carbons (Fsp3) is 0.611. The molecule has 20 heavy (non-hydrogen) atoms. The van der Waals surface area contributed by atoms with Gasteiger partial charge in [-0.25, -0.2) is 0 Å². The van der Waals surface area contributed by atoms with Crippen LogP contribution in [0, 0.1) is 5.92 Å². The van der Waals surface area contributed by atoms with Crippen LogP contribution in [0.2, 0.25) is 0 Å². The summed E-state index contributed by atoms with van der Waals surface area (Å²) in [4.78, 5) is 12.0. The van der Waals surface area contributed by atoms with E-state index in [1.165, 1.54) is 5.56 Å². The van der Waals surface area contributed by atoms with Crippen molar-refractivity contribution in [1.82, 2.24) is 5.32 Å². The van der Waals surface area contributed by atoms with Crippen molar-refractivity contribution in [3.05, 3.63) is 35.4 Å². The highest BCUT2D eigenvalue weighted by Crippen LogP contribution is 2.24. The molecule has 1 aromatic rings. The van der Waals surface area contributed by atoms with Crippen LogP contribution in [0.25, 0.3) is 0 Å². The number of rotatable bonds is 5. The van der Waals surface area contributed by atoms with Gasteiger partial charge < -0.3 is 5.32 Å². The van der Waals surface area contributed by atoms with Gasteiger partial charge in [0.25, 0.3) is 0 Å². The molecular weight excluding hydrogens is 246 g/mol. The topological polar surface area (TPSA) is 29.1 Å². The number of amides is 1. The van der Waals surface area contributed by atoms with Gasteiger partial charge in [-0.05, 0) is 29.9 Å². The van der Waals surface area contributed by atoms with Crippen molar-refractivity contribution in [1.29, 1.82) is 0 Å². The van der Waals surface area contributed by atoms with Gasteiger partial charge in [0.1, 0.15) is 0 Å². The third-order valence-electron chi connectivity index (χ3n) is 3.80. The Balaban J connectivity index is 2.69. The van der Waals surface area contributed by atoms with Gasteiger partial charge in [-0.3, -0.25) is 4.79 Å². The van der Waals surface area contributed by atoms with Crippen molar-refractivity contribution < 1.29 is 4.79 Å². The van der Waals surface area contributed by atoms with Crippen LogP contribution in [-0.4, -0.2) is 5.91 Å². The molecule has 2 unspecified atom stereocenters. The minimum Gasteiger partial charge on any atom is -0.349 e. The average Bonchev–Trinajstić information content (AvgIpc) is 2.38. The second kappa shape index (κ2) is 6.92. The van der Waals surface area contributed by atoms with Gasteiger partial charge in [-0.15, -0.1) is 0 Å². The van der Waals surface area contributed by atoms with Gasteiger partial charge >= 0.3 is 0 Å². The van der Waals surface area contributed by atoms with Crippen LogP contribution < -0.4 is 5.32 Å².